The number of ether oxygens (including phenoxy) is 1. The minimum absolute atomic E-state index is 0.142. The van der Waals surface area contributed by atoms with Gasteiger partial charge in [0, 0.05) is 45.3 Å². The van der Waals surface area contributed by atoms with Crippen molar-refractivity contribution < 1.29 is 17.9 Å². The molecule has 1 aliphatic carbocycles. The van der Waals surface area contributed by atoms with Crippen LogP contribution in [0, 0.1) is 11.8 Å². The van der Waals surface area contributed by atoms with E-state index in [-0.39, 0.29) is 23.8 Å². The maximum Gasteiger partial charge on any atom is 0.410 e. The summed E-state index contributed by atoms with van der Waals surface area (Å²) >= 11 is 0. The molecule has 1 saturated carbocycles. The van der Waals surface area contributed by atoms with E-state index in [1.165, 1.54) is 32.1 Å². The first-order valence-electron chi connectivity index (χ1n) is 12.1. The second kappa shape index (κ2) is 11.3. The van der Waals surface area contributed by atoms with Gasteiger partial charge in [0.25, 0.3) is 0 Å². The summed E-state index contributed by atoms with van der Waals surface area (Å²) in [6, 6.07) is 0.209. The first-order valence-corrected chi connectivity index (χ1v) is 13.7. The monoisotopic (exact) mass is 459 g/mol. The second-order valence-electron chi connectivity index (χ2n) is 10.6. The summed E-state index contributed by atoms with van der Waals surface area (Å²) in [6.07, 6.45) is 5.81. The van der Waals surface area contributed by atoms with Gasteiger partial charge in [-0.25, -0.2) is 17.5 Å². The number of sulfonamides is 1. The molecule has 0 aromatic rings. The second-order valence-corrected chi connectivity index (χ2v) is 12.8. The molecule has 0 radical (unpaired) electrons. The van der Waals surface area contributed by atoms with Gasteiger partial charge in [0.2, 0.25) is 10.0 Å². The molecule has 8 heteroatoms. The first-order chi connectivity index (χ1) is 14.4. The minimum Gasteiger partial charge on any atom is -0.444 e. The van der Waals surface area contributed by atoms with E-state index >= 15 is 0 Å². The lowest BCUT2D eigenvalue weighted by molar-refractivity contribution is 0.00289. The third-order valence-corrected chi connectivity index (χ3v) is 8.16. The highest BCUT2D eigenvalue weighted by Crippen LogP contribution is 2.31. The normalized spacial score (nSPS) is 21.0. The smallest absolute Gasteiger partial charge is 0.410 e. The maximum absolute atomic E-state index is 12.8. The van der Waals surface area contributed by atoms with E-state index in [0.717, 1.165) is 13.1 Å². The van der Waals surface area contributed by atoms with Gasteiger partial charge in [-0.05, 0) is 52.4 Å². The molecule has 0 N–H and O–H groups in total. The first kappa shape index (κ1) is 26.4. The average Bonchev–Trinajstić information content (AvgIpc) is 2.70. The highest BCUT2D eigenvalue weighted by atomic mass is 32.2. The van der Waals surface area contributed by atoms with E-state index in [1.807, 2.05) is 20.8 Å². The molecular weight excluding hydrogens is 414 g/mol. The lowest BCUT2D eigenvalue weighted by Crippen LogP contribution is -2.58. The van der Waals surface area contributed by atoms with Gasteiger partial charge < -0.3 is 9.64 Å². The van der Waals surface area contributed by atoms with Crippen molar-refractivity contribution >= 4 is 16.1 Å². The topological polar surface area (TPSA) is 70.2 Å². The van der Waals surface area contributed by atoms with Crippen molar-refractivity contribution in [3.63, 3.8) is 0 Å². The fraction of sp³-hybridized carbons (Fsp3) is 0.957. The van der Waals surface area contributed by atoms with Gasteiger partial charge in [-0.3, -0.25) is 4.90 Å². The van der Waals surface area contributed by atoms with Crippen LogP contribution in [0.2, 0.25) is 0 Å². The van der Waals surface area contributed by atoms with E-state index in [4.69, 9.17) is 4.74 Å². The van der Waals surface area contributed by atoms with E-state index in [0.29, 0.717) is 32.1 Å². The third-order valence-electron chi connectivity index (χ3n) is 6.35. The Morgan fingerprint density at radius 2 is 1.61 bits per heavy atom. The number of amides is 1. The van der Waals surface area contributed by atoms with Crippen LogP contribution in [0.5, 0.6) is 0 Å². The quantitative estimate of drug-likeness (QED) is 0.552. The Morgan fingerprint density at radius 1 is 1.03 bits per heavy atom. The molecule has 0 aromatic carbocycles. The van der Waals surface area contributed by atoms with E-state index in [1.54, 1.807) is 16.1 Å². The molecule has 2 rings (SSSR count). The molecule has 2 aliphatic rings. The van der Waals surface area contributed by atoms with Gasteiger partial charge in [0.05, 0.1) is 5.75 Å². The lowest BCUT2D eigenvalue weighted by atomic mass is 9.83. The molecule has 1 unspecified atom stereocenters. The Kier molecular flexibility index (Phi) is 9.64. The number of piperazine rings is 1. The van der Waals surface area contributed by atoms with Gasteiger partial charge >= 0.3 is 6.09 Å². The number of carbonyl (C=O) groups is 1. The molecule has 0 spiro atoms. The van der Waals surface area contributed by atoms with Crippen LogP contribution in [-0.4, -0.2) is 85.3 Å². The number of hydrogen-bond donors (Lipinski definition) is 0. The van der Waals surface area contributed by atoms with Gasteiger partial charge in [0.1, 0.15) is 5.60 Å². The molecule has 7 nitrogen and oxygen atoms in total. The van der Waals surface area contributed by atoms with Crippen molar-refractivity contribution in [1.82, 2.24) is 14.1 Å². The fourth-order valence-corrected chi connectivity index (χ4v) is 6.01. The van der Waals surface area contributed by atoms with Gasteiger partial charge in [-0.2, -0.15) is 0 Å². The summed E-state index contributed by atoms with van der Waals surface area (Å²) in [5, 5.41) is 0. The number of nitrogens with zero attached hydrogens (tertiary/aromatic N) is 3. The van der Waals surface area contributed by atoms with Crippen LogP contribution >= 0.6 is 0 Å². The van der Waals surface area contributed by atoms with Gasteiger partial charge in [-0.1, -0.05) is 33.1 Å². The molecule has 182 valence electrons. The van der Waals surface area contributed by atoms with Crippen molar-refractivity contribution in [3.8, 4) is 0 Å². The molecule has 1 amide bonds. The summed E-state index contributed by atoms with van der Waals surface area (Å²) in [6.45, 7) is 15.5. The predicted octanol–water partition coefficient (Wildman–Crippen LogP) is 3.80. The van der Waals surface area contributed by atoms with Crippen LogP contribution in [0.25, 0.3) is 0 Å². The highest BCUT2D eigenvalue weighted by Gasteiger charge is 2.36. The van der Waals surface area contributed by atoms with Crippen LogP contribution in [-0.2, 0) is 14.8 Å². The van der Waals surface area contributed by atoms with Crippen molar-refractivity contribution in [1.29, 1.82) is 0 Å². The lowest BCUT2D eigenvalue weighted by Gasteiger charge is -2.45. The van der Waals surface area contributed by atoms with Gasteiger partial charge in [-0.15, -0.1) is 0 Å². The Morgan fingerprint density at radius 3 is 2.10 bits per heavy atom. The van der Waals surface area contributed by atoms with Crippen LogP contribution in [0.15, 0.2) is 0 Å². The zero-order chi connectivity index (χ0) is 23.2. The molecule has 1 atom stereocenters. The predicted molar refractivity (Wildman–Crippen MR) is 126 cm³/mol. The van der Waals surface area contributed by atoms with E-state index in [9.17, 15) is 13.2 Å². The molecular formula is C23H45N3O4S. The fourth-order valence-electron chi connectivity index (χ4n) is 4.74. The van der Waals surface area contributed by atoms with Crippen molar-refractivity contribution in [2.75, 3.05) is 45.0 Å². The van der Waals surface area contributed by atoms with E-state index in [2.05, 4.69) is 18.7 Å². The van der Waals surface area contributed by atoms with Crippen LogP contribution in [0.4, 0.5) is 4.79 Å². The van der Waals surface area contributed by atoms with Crippen molar-refractivity contribution in [2.24, 2.45) is 11.8 Å². The molecule has 1 aliphatic heterocycles. The zero-order valence-electron chi connectivity index (χ0n) is 20.6. The number of rotatable bonds is 8. The minimum atomic E-state index is -3.25. The largest absolute Gasteiger partial charge is 0.444 e. The zero-order valence-corrected chi connectivity index (χ0v) is 21.4. The van der Waals surface area contributed by atoms with E-state index < -0.39 is 15.6 Å². The molecule has 31 heavy (non-hydrogen) atoms. The Balaban J connectivity index is 2.12. The average molecular weight is 460 g/mol. The Hall–Kier alpha value is -0.860. The third kappa shape index (κ3) is 8.21. The SMILES string of the molecule is CCS(=O)(=O)N(CC(C)C)CC(C1CCCCC1)N1CCN(C(=O)OC(C)(C)C)CC1. The van der Waals surface area contributed by atoms with Crippen LogP contribution < -0.4 is 0 Å². The molecule has 0 bridgehead atoms. The van der Waals surface area contributed by atoms with Crippen molar-refractivity contribution in [3.05, 3.63) is 0 Å². The van der Waals surface area contributed by atoms with Crippen LogP contribution in [0.1, 0.15) is 73.6 Å². The molecule has 1 heterocycles. The standard InChI is InChI=1S/C23H45N3O4S/c1-7-31(28,29)26(17-19(2)3)18-21(20-11-9-8-10-12-20)24-13-15-25(16-14-24)22(27)30-23(4,5)6/h19-21H,7-18H2,1-6H3. The molecule has 2 fully saturated rings. The summed E-state index contributed by atoms with van der Waals surface area (Å²) in [5.41, 5.74) is -0.495. The Bertz CT molecular complexity index is 661. The number of hydrogen-bond acceptors (Lipinski definition) is 5. The van der Waals surface area contributed by atoms with Gasteiger partial charge in [0.15, 0.2) is 0 Å². The number of carbonyl (C=O) groups excluding carboxylic acids is 1. The molecule has 0 aromatic heterocycles. The summed E-state index contributed by atoms with van der Waals surface area (Å²) in [5.74, 6) is 0.949. The highest BCUT2D eigenvalue weighted by molar-refractivity contribution is 7.89. The summed E-state index contributed by atoms with van der Waals surface area (Å²) < 4.78 is 33.0. The van der Waals surface area contributed by atoms with Crippen LogP contribution in [0.3, 0.4) is 0 Å². The molecule has 1 saturated heterocycles. The maximum atomic E-state index is 12.8. The summed E-state index contributed by atoms with van der Waals surface area (Å²) in [4.78, 5) is 16.7. The summed E-state index contributed by atoms with van der Waals surface area (Å²) in [7, 11) is -3.25. The Labute approximate surface area is 190 Å². The van der Waals surface area contributed by atoms with Crippen molar-refractivity contribution in [2.45, 2.75) is 85.3 Å².